The third kappa shape index (κ3) is 6.03. The van der Waals surface area contributed by atoms with Crippen molar-refractivity contribution in [1.29, 1.82) is 0 Å². The van der Waals surface area contributed by atoms with Gasteiger partial charge in [0, 0.05) is 51.8 Å². The number of nitrogens with zero attached hydrogens (tertiary/aromatic N) is 3. The summed E-state index contributed by atoms with van der Waals surface area (Å²) in [5, 5.41) is 0. The van der Waals surface area contributed by atoms with E-state index in [0.29, 0.717) is 0 Å². The van der Waals surface area contributed by atoms with E-state index in [1.54, 1.807) is 14.2 Å². The highest BCUT2D eigenvalue weighted by molar-refractivity contribution is 5.99. The Bertz CT molecular complexity index is 698. The number of aliphatic imine (C=N–C) groups is 1. The number of methoxy groups -OCH3 is 2. The minimum Gasteiger partial charge on any atom is -0.369 e. The number of hydrogen-bond donors (Lipinski definition) is 0. The van der Waals surface area contributed by atoms with Crippen LogP contribution >= 0.6 is 0 Å². The number of ether oxygens (including phenoxy) is 2. The zero-order chi connectivity index (χ0) is 20.5. The molecule has 1 aliphatic heterocycles. The molecule has 0 spiro atoms. The summed E-state index contributed by atoms with van der Waals surface area (Å²) in [7, 11) is 5.48. The molecule has 0 N–H and O–H groups in total. The molecule has 1 fully saturated rings. The number of allylic oxidation sites excluding steroid dienone is 2. The fourth-order valence-corrected chi connectivity index (χ4v) is 3.28. The van der Waals surface area contributed by atoms with E-state index in [9.17, 15) is 0 Å². The van der Waals surface area contributed by atoms with Crippen molar-refractivity contribution in [2.75, 3.05) is 47.4 Å². The molecule has 0 atom stereocenters. The second-order valence-electron chi connectivity index (χ2n) is 7.25. The Morgan fingerprint density at radius 3 is 2.21 bits per heavy atom. The highest BCUT2D eigenvalue weighted by atomic mass is 16.7. The van der Waals surface area contributed by atoms with Gasteiger partial charge < -0.3 is 19.3 Å². The molecule has 0 aliphatic carbocycles. The fourth-order valence-electron chi connectivity index (χ4n) is 3.28. The largest absolute Gasteiger partial charge is 0.369 e. The summed E-state index contributed by atoms with van der Waals surface area (Å²) in [4.78, 5) is 9.73. The van der Waals surface area contributed by atoms with Gasteiger partial charge in [-0.05, 0) is 39.0 Å². The summed E-state index contributed by atoms with van der Waals surface area (Å²) in [6.07, 6.45) is 2.64. The van der Waals surface area contributed by atoms with Crippen molar-refractivity contribution < 1.29 is 9.47 Å². The van der Waals surface area contributed by atoms with Crippen LogP contribution in [0.15, 0.2) is 58.4 Å². The third-order valence-electron chi connectivity index (χ3n) is 5.25. The maximum absolute atomic E-state index is 5.57. The van der Waals surface area contributed by atoms with Gasteiger partial charge in [-0.15, -0.1) is 0 Å². The maximum Gasteiger partial charge on any atom is 0.200 e. The Morgan fingerprint density at radius 1 is 1.07 bits per heavy atom. The van der Waals surface area contributed by atoms with Crippen LogP contribution in [0, 0.1) is 0 Å². The van der Waals surface area contributed by atoms with Gasteiger partial charge in [-0.1, -0.05) is 42.8 Å². The fraction of sp³-hybridized carbons (Fsp3) is 0.522. The minimum atomic E-state index is -0.509. The number of piperazine rings is 1. The topological polar surface area (TPSA) is 37.3 Å². The monoisotopic (exact) mass is 385 g/mol. The van der Waals surface area contributed by atoms with Gasteiger partial charge in [0.25, 0.3) is 0 Å². The molecule has 0 saturated carbocycles. The Balaban J connectivity index is 2.45. The summed E-state index contributed by atoms with van der Waals surface area (Å²) >= 11 is 0. The van der Waals surface area contributed by atoms with E-state index in [1.165, 1.54) is 11.3 Å². The average molecular weight is 386 g/mol. The summed E-state index contributed by atoms with van der Waals surface area (Å²) < 4.78 is 11.1. The molecule has 2 rings (SSSR count). The quantitative estimate of drug-likeness (QED) is 0.386. The van der Waals surface area contributed by atoms with Crippen molar-refractivity contribution in [2.24, 2.45) is 4.99 Å². The number of benzene rings is 1. The molecule has 0 unspecified atom stereocenters. The summed E-state index contributed by atoms with van der Waals surface area (Å²) in [5.41, 5.74) is 5.40. The first-order valence-corrected chi connectivity index (χ1v) is 10.0. The molecule has 154 valence electrons. The highest BCUT2D eigenvalue weighted by Gasteiger charge is 2.20. The lowest BCUT2D eigenvalue weighted by atomic mass is 10.1. The molecule has 5 heteroatoms. The number of likely N-dealkylation sites (N-methyl/N-ethyl adjacent to an activating group) is 1. The van der Waals surface area contributed by atoms with Crippen LogP contribution in [0.1, 0.15) is 32.8 Å². The van der Waals surface area contributed by atoms with Crippen LogP contribution in [0.25, 0.3) is 0 Å². The van der Waals surface area contributed by atoms with E-state index in [-0.39, 0.29) is 0 Å². The minimum absolute atomic E-state index is 0.509. The SMILES string of the molecule is CC/C(C)=C(/C=C(\N=C(/C)c1ccccc1)C(OC)OC)N1CCN(C)CC1. The first kappa shape index (κ1) is 22.3. The van der Waals surface area contributed by atoms with Crippen LogP contribution in [-0.2, 0) is 9.47 Å². The molecule has 0 bridgehead atoms. The molecule has 1 aliphatic rings. The molecule has 1 saturated heterocycles. The lowest BCUT2D eigenvalue weighted by Gasteiger charge is -2.36. The van der Waals surface area contributed by atoms with E-state index in [0.717, 1.165) is 49.6 Å². The first-order chi connectivity index (χ1) is 13.5. The van der Waals surface area contributed by atoms with Crippen molar-refractivity contribution >= 4 is 5.71 Å². The summed E-state index contributed by atoms with van der Waals surface area (Å²) in [5.74, 6) is 0. The average Bonchev–Trinajstić information content (AvgIpc) is 2.73. The molecule has 0 amide bonds. The maximum atomic E-state index is 5.57. The van der Waals surface area contributed by atoms with E-state index in [4.69, 9.17) is 14.5 Å². The van der Waals surface area contributed by atoms with Crippen molar-refractivity contribution in [1.82, 2.24) is 9.80 Å². The van der Waals surface area contributed by atoms with Gasteiger partial charge >= 0.3 is 0 Å². The van der Waals surface area contributed by atoms with E-state index in [1.807, 2.05) is 25.1 Å². The first-order valence-electron chi connectivity index (χ1n) is 10.0. The molecular weight excluding hydrogens is 350 g/mol. The van der Waals surface area contributed by atoms with E-state index in [2.05, 4.69) is 48.9 Å². The Kier molecular flexibility index (Phi) is 8.90. The molecule has 1 aromatic rings. The number of hydrogen-bond acceptors (Lipinski definition) is 5. The second kappa shape index (κ2) is 11.1. The smallest absolute Gasteiger partial charge is 0.200 e. The standard InChI is InChI=1S/C23H35N3O2/c1-7-18(2)22(26-15-13-25(4)14-16-26)17-21(23(27-5)28-6)24-19(3)20-11-9-8-10-12-20/h8-12,17,23H,7,13-16H2,1-6H3/b21-17-,22-18-,24-19+. The van der Waals surface area contributed by atoms with Gasteiger partial charge in [-0.2, -0.15) is 0 Å². The Labute approximate surface area is 170 Å². The van der Waals surface area contributed by atoms with Crippen LogP contribution in [0.3, 0.4) is 0 Å². The normalized spacial score (nSPS) is 17.9. The molecule has 5 nitrogen and oxygen atoms in total. The predicted octanol–water partition coefficient (Wildman–Crippen LogP) is 3.93. The van der Waals surface area contributed by atoms with Gasteiger partial charge in [0.2, 0.25) is 6.29 Å². The second-order valence-corrected chi connectivity index (χ2v) is 7.25. The van der Waals surface area contributed by atoms with Gasteiger partial charge in [0.05, 0.1) is 5.70 Å². The number of rotatable bonds is 8. The van der Waals surface area contributed by atoms with Crippen LogP contribution < -0.4 is 0 Å². The zero-order valence-electron chi connectivity index (χ0n) is 18.2. The van der Waals surface area contributed by atoms with Gasteiger partial charge in [0.1, 0.15) is 0 Å². The predicted molar refractivity (Wildman–Crippen MR) is 117 cm³/mol. The third-order valence-corrected chi connectivity index (χ3v) is 5.25. The lowest BCUT2D eigenvalue weighted by Crippen LogP contribution is -2.44. The summed E-state index contributed by atoms with van der Waals surface area (Å²) in [6.45, 7) is 10.6. The van der Waals surface area contributed by atoms with Crippen LogP contribution in [0.4, 0.5) is 0 Å². The molecule has 1 aromatic carbocycles. The molecule has 28 heavy (non-hydrogen) atoms. The van der Waals surface area contributed by atoms with Crippen LogP contribution in [0.2, 0.25) is 0 Å². The van der Waals surface area contributed by atoms with E-state index >= 15 is 0 Å². The molecule has 0 aromatic heterocycles. The van der Waals surface area contributed by atoms with Crippen LogP contribution in [0.5, 0.6) is 0 Å². The zero-order valence-corrected chi connectivity index (χ0v) is 18.2. The Morgan fingerprint density at radius 2 is 1.68 bits per heavy atom. The summed E-state index contributed by atoms with van der Waals surface area (Å²) in [6, 6.07) is 10.2. The molecule has 1 heterocycles. The van der Waals surface area contributed by atoms with Gasteiger partial charge in [-0.25, -0.2) is 0 Å². The highest BCUT2D eigenvalue weighted by Crippen LogP contribution is 2.22. The van der Waals surface area contributed by atoms with Crippen molar-refractivity contribution in [2.45, 2.75) is 33.5 Å². The van der Waals surface area contributed by atoms with E-state index < -0.39 is 6.29 Å². The molecular formula is C23H35N3O2. The lowest BCUT2D eigenvalue weighted by molar-refractivity contribution is -0.0755. The van der Waals surface area contributed by atoms with Gasteiger partial charge in [-0.3, -0.25) is 4.99 Å². The van der Waals surface area contributed by atoms with Crippen molar-refractivity contribution in [3.63, 3.8) is 0 Å². The van der Waals surface area contributed by atoms with Crippen LogP contribution in [-0.4, -0.2) is 69.2 Å². The van der Waals surface area contributed by atoms with Gasteiger partial charge in [0.15, 0.2) is 0 Å². The molecule has 0 radical (unpaired) electrons. The van der Waals surface area contributed by atoms with Crippen molar-refractivity contribution in [3.8, 4) is 0 Å². The van der Waals surface area contributed by atoms with Crippen molar-refractivity contribution in [3.05, 3.63) is 58.9 Å². The Hall–Kier alpha value is -1.95.